The third kappa shape index (κ3) is 3.67. The Morgan fingerprint density at radius 3 is 2.81 bits per heavy atom. The highest BCUT2D eigenvalue weighted by atomic mass is 16.3. The Labute approximate surface area is 127 Å². The molecule has 1 aliphatic rings. The fourth-order valence-electron chi connectivity index (χ4n) is 3.19. The molecule has 1 aromatic rings. The number of aryl methyl sites for hydroxylation is 1. The maximum absolute atomic E-state index is 11.9. The summed E-state index contributed by atoms with van der Waals surface area (Å²) in [5, 5.41) is 10.3. The molecule has 1 fully saturated rings. The van der Waals surface area contributed by atoms with Crippen molar-refractivity contribution in [2.75, 3.05) is 6.54 Å². The normalized spacial score (nSPS) is 19.9. The molecule has 0 bridgehead atoms. The molecular formula is C17H28N2O2. The second kappa shape index (κ2) is 7.12. The first kappa shape index (κ1) is 16.1. The van der Waals surface area contributed by atoms with Crippen molar-refractivity contribution in [3.8, 4) is 5.75 Å². The highest BCUT2D eigenvalue weighted by molar-refractivity contribution is 5.30. The van der Waals surface area contributed by atoms with Crippen LogP contribution < -0.4 is 5.43 Å². The van der Waals surface area contributed by atoms with Gasteiger partial charge in [-0.1, -0.05) is 19.8 Å². The number of piperidine rings is 1. The zero-order chi connectivity index (χ0) is 15.4. The second-order valence-electron chi connectivity index (χ2n) is 6.27. The van der Waals surface area contributed by atoms with Crippen molar-refractivity contribution in [1.29, 1.82) is 0 Å². The summed E-state index contributed by atoms with van der Waals surface area (Å²) in [5.41, 5.74) is 1.49. The highest BCUT2D eigenvalue weighted by Crippen LogP contribution is 2.23. The number of aromatic hydroxyl groups is 1. The Bertz CT molecular complexity index is 536. The van der Waals surface area contributed by atoms with Gasteiger partial charge in [0.05, 0.1) is 5.69 Å². The van der Waals surface area contributed by atoms with Crippen molar-refractivity contribution in [2.45, 2.75) is 72.0 Å². The second-order valence-corrected chi connectivity index (χ2v) is 6.27. The third-order valence-electron chi connectivity index (χ3n) is 4.63. The predicted octanol–water partition coefficient (Wildman–Crippen LogP) is 3.04. The molecule has 1 saturated heterocycles. The predicted molar refractivity (Wildman–Crippen MR) is 85.7 cm³/mol. The molecule has 1 atom stereocenters. The summed E-state index contributed by atoms with van der Waals surface area (Å²) >= 11 is 0. The number of pyridine rings is 1. The maximum atomic E-state index is 11.9. The zero-order valence-electron chi connectivity index (χ0n) is 13.6. The lowest BCUT2D eigenvalue weighted by atomic mass is 10.0. The Kier molecular flexibility index (Phi) is 5.45. The van der Waals surface area contributed by atoms with Crippen LogP contribution in [0.3, 0.4) is 0 Å². The summed E-state index contributed by atoms with van der Waals surface area (Å²) in [5.74, 6) is -0.0607. The number of rotatable bonds is 5. The molecular weight excluding hydrogens is 264 g/mol. The summed E-state index contributed by atoms with van der Waals surface area (Å²) < 4.78 is 2.13. The minimum Gasteiger partial charge on any atom is -0.503 e. The van der Waals surface area contributed by atoms with Gasteiger partial charge in [-0.3, -0.25) is 9.69 Å². The number of unbranched alkanes of at least 4 members (excludes halogenated alkanes) is 1. The van der Waals surface area contributed by atoms with Crippen LogP contribution >= 0.6 is 0 Å². The standard InChI is InChI=1S/C17H28N2O2/c1-4-5-10-19-14(3)11-16(20)17(21)15(19)12-18-9-7-6-8-13(18)2/h11,13,21H,4-10,12H2,1-3H3. The first-order valence-corrected chi connectivity index (χ1v) is 8.21. The lowest BCUT2D eigenvalue weighted by molar-refractivity contribution is 0.146. The quantitative estimate of drug-likeness (QED) is 0.907. The SMILES string of the molecule is CCCCn1c(C)cc(=O)c(O)c1CN1CCCCC1C. The summed E-state index contributed by atoms with van der Waals surface area (Å²) in [6, 6.07) is 2.07. The van der Waals surface area contributed by atoms with Gasteiger partial charge in [0.1, 0.15) is 0 Å². The van der Waals surface area contributed by atoms with Crippen LogP contribution in [0.5, 0.6) is 5.75 Å². The Morgan fingerprint density at radius 1 is 1.38 bits per heavy atom. The fraction of sp³-hybridized carbons (Fsp3) is 0.706. The molecule has 0 aliphatic carbocycles. The van der Waals surface area contributed by atoms with Crippen molar-refractivity contribution >= 4 is 0 Å². The minimum absolute atomic E-state index is 0.0607. The smallest absolute Gasteiger partial charge is 0.223 e. The molecule has 2 heterocycles. The Morgan fingerprint density at radius 2 is 2.14 bits per heavy atom. The first-order chi connectivity index (χ1) is 10.0. The monoisotopic (exact) mass is 292 g/mol. The van der Waals surface area contributed by atoms with Crippen molar-refractivity contribution in [3.05, 3.63) is 27.7 Å². The van der Waals surface area contributed by atoms with Gasteiger partial charge in [0.2, 0.25) is 5.43 Å². The molecule has 1 unspecified atom stereocenters. The lowest BCUT2D eigenvalue weighted by Gasteiger charge is -2.34. The molecule has 0 radical (unpaired) electrons. The summed E-state index contributed by atoms with van der Waals surface area (Å²) in [6.45, 7) is 8.95. The van der Waals surface area contributed by atoms with Crippen LogP contribution in [-0.4, -0.2) is 27.2 Å². The highest BCUT2D eigenvalue weighted by Gasteiger charge is 2.22. The summed E-state index contributed by atoms with van der Waals surface area (Å²) in [6.07, 6.45) is 5.85. The van der Waals surface area contributed by atoms with E-state index in [0.717, 1.165) is 37.3 Å². The van der Waals surface area contributed by atoms with E-state index in [9.17, 15) is 9.90 Å². The molecule has 1 aliphatic heterocycles. The molecule has 2 rings (SSSR count). The van der Waals surface area contributed by atoms with Crippen LogP contribution in [0.4, 0.5) is 0 Å². The zero-order valence-corrected chi connectivity index (χ0v) is 13.6. The molecule has 0 spiro atoms. The van der Waals surface area contributed by atoms with Crippen LogP contribution in [-0.2, 0) is 13.1 Å². The van der Waals surface area contributed by atoms with Gasteiger partial charge in [0.25, 0.3) is 0 Å². The number of hydrogen-bond acceptors (Lipinski definition) is 3. The molecule has 0 aromatic carbocycles. The average Bonchev–Trinajstić information content (AvgIpc) is 2.46. The number of nitrogens with zero attached hydrogens (tertiary/aromatic N) is 2. The minimum atomic E-state index is -0.250. The molecule has 0 saturated carbocycles. The van der Waals surface area contributed by atoms with E-state index in [1.165, 1.54) is 19.3 Å². The van der Waals surface area contributed by atoms with Gasteiger partial charge in [-0.15, -0.1) is 0 Å². The van der Waals surface area contributed by atoms with Crippen molar-refractivity contribution < 1.29 is 5.11 Å². The number of aromatic nitrogens is 1. The van der Waals surface area contributed by atoms with Gasteiger partial charge < -0.3 is 9.67 Å². The van der Waals surface area contributed by atoms with E-state index in [1.807, 2.05) is 6.92 Å². The van der Waals surface area contributed by atoms with Crippen LogP contribution in [0.1, 0.15) is 57.3 Å². The van der Waals surface area contributed by atoms with E-state index in [-0.39, 0.29) is 11.2 Å². The first-order valence-electron chi connectivity index (χ1n) is 8.21. The van der Waals surface area contributed by atoms with Crippen LogP contribution in [0.15, 0.2) is 10.9 Å². The number of hydrogen-bond donors (Lipinski definition) is 1. The van der Waals surface area contributed by atoms with Crippen LogP contribution in [0.25, 0.3) is 0 Å². The van der Waals surface area contributed by atoms with Crippen LogP contribution in [0.2, 0.25) is 0 Å². The average molecular weight is 292 g/mol. The fourth-order valence-corrected chi connectivity index (χ4v) is 3.19. The maximum Gasteiger partial charge on any atom is 0.223 e. The van der Waals surface area contributed by atoms with Crippen molar-refractivity contribution in [1.82, 2.24) is 9.47 Å². The summed E-state index contributed by atoms with van der Waals surface area (Å²) in [7, 11) is 0. The molecule has 4 heteroatoms. The molecule has 4 nitrogen and oxygen atoms in total. The van der Waals surface area contributed by atoms with Gasteiger partial charge >= 0.3 is 0 Å². The number of likely N-dealkylation sites (tertiary alicyclic amines) is 1. The van der Waals surface area contributed by atoms with E-state index in [4.69, 9.17) is 0 Å². The summed E-state index contributed by atoms with van der Waals surface area (Å²) in [4.78, 5) is 14.3. The van der Waals surface area contributed by atoms with E-state index in [1.54, 1.807) is 6.07 Å². The third-order valence-corrected chi connectivity index (χ3v) is 4.63. The van der Waals surface area contributed by atoms with Crippen LogP contribution in [0, 0.1) is 6.92 Å². The largest absolute Gasteiger partial charge is 0.503 e. The van der Waals surface area contributed by atoms with Gasteiger partial charge in [0, 0.05) is 30.9 Å². The Balaban J connectivity index is 2.32. The van der Waals surface area contributed by atoms with Gasteiger partial charge in [-0.25, -0.2) is 0 Å². The molecule has 21 heavy (non-hydrogen) atoms. The van der Waals surface area contributed by atoms with E-state index in [0.29, 0.717) is 12.6 Å². The topological polar surface area (TPSA) is 45.5 Å². The Hall–Kier alpha value is -1.29. The van der Waals surface area contributed by atoms with E-state index >= 15 is 0 Å². The van der Waals surface area contributed by atoms with Gasteiger partial charge in [-0.2, -0.15) is 0 Å². The molecule has 118 valence electrons. The molecule has 0 amide bonds. The molecule has 1 aromatic heterocycles. The van der Waals surface area contributed by atoms with Gasteiger partial charge in [0.15, 0.2) is 5.75 Å². The van der Waals surface area contributed by atoms with Crippen molar-refractivity contribution in [2.24, 2.45) is 0 Å². The van der Waals surface area contributed by atoms with Gasteiger partial charge in [-0.05, 0) is 39.7 Å². The van der Waals surface area contributed by atoms with Crippen molar-refractivity contribution in [3.63, 3.8) is 0 Å². The molecule has 1 N–H and O–H groups in total. The van der Waals surface area contributed by atoms with E-state index < -0.39 is 0 Å². The van der Waals surface area contributed by atoms with E-state index in [2.05, 4.69) is 23.3 Å². The lowest BCUT2D eigenvalue weighted by Crippen LogP contribution is -2.38.